The molecule has 0 bridgehead atoms. The van der Waals surface area contributed by atoms with Gasteiger partial charge in [0, 0.05) is 43.5 Å². The lowest BCUT2D eigenvalue weighted by Gasteiger charge is -2.34. The van der Waals surface area contributed by atoms with E-state index in [0.29, 0.717) is 16.7 Å². The Hall–Kier alpha value is -1.40. The van der Waals surface area contributed by atoms with Crippen molar-refractivity contribution in [3.8, 4) is 0 Å². The number of amides is 1. The second-order valence-corrected chi connectivity index (χ2v) is 7.35. The van der Waals surface area contributed by atoms with E-state index in [4.69, 9.17) is 4.74 Å². The van der Waals surface area contributed by atoms with E-state index in [1.165, 1.54) is 18.4 Å². The molecule has 1 aliphatic carbocycles. The Morgan fingerprint density at radius 3 is 2.55 bits per heavy atom. The molecule has 0 aromatic carbocycles. The number of carbonyl (C=O) groups is 2. The summed E-state index contributed by atoms with van der Waals surface area (Å²) in [4.78, 5) is 29.8. The summed E-state index contributed by atoms with van der Waals surface area (Å²) in [6, 6.07) is 3.81. The predicted octanol–water partition coefficient (Wildman–Crippen LogP) is 1.83. The molecule has 22 heavy (non-hydrogen) atoms. The number of carbonyl (C=O) groups excluding carboxylic acids is 2. The standard InChI is InChI=1S/C16H22N2O3S/c1-11-9-13(11)15(19)18-7-5-17(6-8-18)10-12-3-4-14(22-12)16(20)21-2/h3-4,11,13H,5-10H2,1-2H3/t11-,13+/m0/s1. The van der Waals surface area contributed by atoms with Crippen molar-refractivity contribution in [2.45, 2.75) is 19.9 Å². The van der Waals surface area contributed by atoms with Crippen LogP contribution in [0.5, 0.6) is 0 Å². The molecule has 1 saturated carbocycles. The minimum atomic E-state index is -0.273. The first-order valence-electron chi connectivity index (χ1n) is 7.76. The Morgan fingerprint density at radius 1 is 1.27 bits per heavy atom. The average molecular weight is 322 g/mol. The predicted molar refractivity (Wildman–Crippen MR) is 84.8 cm³/mol. The van der Waals surface area contributed by atoms with Crippen LogP contribution in [-0.4, -0.2) is 55.0 Å². The first-order chi connectivity index (χ1) is 10.6. The van der Waals surface area contributed by atoms with Crippen molar-refractivity contribution in [1.29, 1.82) is 0 Å². The number of thiophene rings is 1. The molecule has 6 heteroatoms. The van der Waals surface area contributed by atoms with Crippen molar-refractivity contribution in [3.63, 3.8) is 0 Å². The minimum absolute atomic E-state index is 0.273. The Labute approximate surface area is 134 Å². The molecular formula is C16H22N2O3S. The number of rotatable bonds is 4. The molecule has 1 amide bonds. The van der Waals surface area contributed by atoms with Gasteiger partial charge in [0.2, 0.25) is 5.91 Å². The number of piperazine rings is 1. The van der Waals surface area contributed by atoms with Gasteiger partial charge in [0.05, 0.1) is 7.11 Å². The first kappa shape index (κ1) is 15.5. The molecule has 0 spiro atoms. The molecule has 2 fully saturated rings. The van der Waals surface area contributed by atoms with Gasteiger partial charge in [-0.2, -0.15) is 0 Å². The molecule has 3 rings (SSSR count). The third-order valence-electron chi connectivity index (χ3n) is 4.54. The second kappa shape index (κ2) is 6.38. The molecule has 0 radical (unpaired) electrons. The summed E-state index contributed by atoms with van der Waals surface area (Å²) in [7, 11) is 1.40. The lowest BCUT2D eigenvalue weighted by molar-refractivity contribution is -0.134. The van der Waals surface area contributed by atoms with Crippen LogP contribution in [0.4, 0.5) is 0 Å². The number of nitrogens with zero attached hydrogens (tertiary/aromatic N) is 2. The zero-order valence-electron chi connectivity index (χ0n) is 13.1. The van der Waals surface area contributed by atoms with Crippen molar-refractivity contribution < 1.29 is 14.3 Å². The Morgan fingerprint density at radius 2 is 1.95 bits per heavy atom. The zero-order chi connectivity index (χ0) is 15.7. The van der Waals surface area contributed by atoms with Crippen molar-refractivity contribution in [2.75, 3.05) is 33.3 Å². The van der Waals surface area contributed by atoms with Crippen LogP contribution in [0, 0.1) is 11.8 Å². The van der Waals surface area contributed by atoms with E-state index in [1.54, 1.807) is 0 Å². The summed E-state index contributed by atoms with van der Waals surface area (Å²) in [6.07, 6.45) is 1.06. The van der Waals surface area contributed by atoms with Crippen molar-refractivity contribution in [3.05, 3.63) is 21.9 Å². The van der Waals surface area contributed by atoms with Gasteiger partial charge in [0.25, 0.3) is 0 Å². The second-order valence-electron chi connectivity index (χ2n) is 6.18. The largest absolute Gasteiger partial charge is 0.465 e. The van der Waals surface area contributed by atoms with E-state index in [9.17, 15) is 9.59 Å². The van der Waals surface area contributed by atoms with Gasteiger partial charge in [-0.3, -0.25) is 9.69 Å². The van der Waals surface area contributed by atoms with Gasteiger partial charge in [-0.05, 0) is 24.5 Å². The van der Waals surface area contributed by atoms with E-state index in [1.807, 2.05) is 17.0 Å². The maximum Gasteiger partial charge on any atom is 0.348 e. The summed E-state index contributed by atoms with van der Waals surface area (Å²) in [5, 5.41) is 0. The van der Waals surface area contributed by atoms with Gasteiger partial charge >= 0.3 is 5.97 Å². The van der Waals surface area contributed by atoms with Crippen LogP contribution in [0.1, 0.15) is 27.9 Å². The van der Waals surface area contributed by atoms with Crippen LogP contribution in [-0.2, 0) is 16.1 Å². The maximum atomic E-state index is 12.2. The van der Waals surface area contributed by atoms with E-state index in [-0.39, 0.29) is 11.9 Å². The SMILES string of the molecule is COC(=O)c1ccc(CN2CCN(C(=O)[C@@H]3C[C@@H]3C)CC2)s1. The summed E-state index contributed by atoms with van der Waals surface area (Å²) < 4.78 is 4.73. The van der Waals surface area contributed by atoms with Crippen LogP contribution in [0.25, 0.3) is 0 Å². The number of ether oxygens (including phenoxy) is 1. The van der Waals surface area contributed by atoms with E-state index in [2.05, 4.69) is 11.8 Å². The number of methoxy groups -OCH3 is 1. The molecule has 0 unspecified atom stereocenters. The molecule has 1 aromatic heterocycles. The highest BCUT2D eigenvalue weighted by Crippen LogP contribution is 2.39. The molecule has 120 valence electrons. The van der Waals surface area contributed by atoms with Gasteiger partial charge in [0.1, 0.15) is 4.88 Å². The third kappa shape index (κ3) is 3.33. The van der Waals surface area contributed by atoms with Crippen LogP contribution < -0.4 is 0 Å². The normalized spacial score (nSPS) is 25.1. The summed E-state index contributed by atoms with van der Waals surface area (Å²) in [6.45, 7) is 6.42. The summed E-state index contributed by atoms with van der Waals surface area (Å²) in [5.41, 5.74) is 0. The summed E-state index contributed by atoms with van der Waals surface area (Å²) >= 11 is 1.48. The van der Waals surface area contributed by atoms with Crippen LogP contribution in [0.15, 0.2) is 12.1 Å². The lowest BCUT2D eigenvalue weighted by atomic mass is 10.2. The Kier molecular flexibility index (Phi) is 4.49. The highest BCUT2D eigenvalue weighted by atomic mass is 32.1. The highest BCUT2D eigenvalue weighted by Gasteiger charge is 2.41. The molecule has 1 aromatic rings. The van der Waals surface area contributed by atoms with E-state index < -0.39 is 0 Å². The van der Waals surface area contributed by atoms with Gasteiger partial charge in [-0.15, -0.1) is 11.3 Å². The van der Waals surface area contributed by atoms with Crippen LogP contribution in [0.3, 0.4) is 0 Å². The fourth-order valence-corrected chi connectivity index (χ4v) is 3.89. The molecule has 0 N–H and O–H groups in total. The topological polar surface area (TPSA) is 49.9 Å². The number of hydrogen-bond donors (Lipinski definition) is 0. The van der Waals surface area contributed by atoms with E-state index in [0.717, 1.165) is 44.0 Å². The third-order valence-corrected chi connectivity index (χ3v) is 5.59. The van der Waals surface area contributed by atoms with E-state index >= 15 is 0 Å². The first-order valence-corrected chi connectivity index (χ1v) is 8.58. The fourth-order valence-electron chi connectivity index (χ4n) is 2.92. The minimum Gasteiger partial charge on any atom is -0.465 e. The van der Waals surface area contributed by atoms with Crippen molar-refractivity contribution in [1.82, 2.24) is 9.80 Å². The lowest BCUT2D eigenvalue weighted by Crippen LogP contribution is -2.48. The van der Waals surface area contributed by atoms with Crippen LogP contribution in [0.2, 0.25) is 0 Å². The van der Waals surface area contributed by atoms with Crippen molar-refractivity contribution in [2.24, 2.45) is 11.8 Å². The number of esters is 1. The van der Waals surface area contributed by atoms with Gasteiger partial charge < -0.3 is 9.64 Å². The van der Waals surface area contributed by atoms with Gasteiger partial charge in [-0.1, -0.05) is 6.92 Å². The molecular weight excluding hydrogens is 300 g/mol. The van der Waals surface area contributed by atoms with Gasteiger partial charge in [-0.25, -0.2) is 4.79 Å². The van der Waals surface area contributed by atoms with Crippen molar-refractivity contribution >= 4 is 23.2 Å². The van der Waals surface area contributed by atoms with Gasteiger partial charge in [0.15, 0.2) is 0 Å². The molecule has 2 atom stereocenters. The zero-order valence-corrected chi connectivity index (χ0v) is 13.9. The fraction of sp³-hybridized carbons (Fsp3) is 0.625. The molecule has 2 heterocycles. The molecule has 1 aliphatic heterocycles. The molecule has 5 nitrogen and oxygen atoms in total. The Balaban J connectivity index is 1.48. The molecule has 2 aliphatic rings. The van der Waals surface area contributed by atoms with Crippen LogP contribution >= 0.6 is 11.3 Å². The maximum absolute atomic E-state index is 12.2. The highest BCUT2D eigenvalue weighted by molar-refractivity contribution is 7.13. The quantitative estimate of drug-likeness (QED) is 0.794. The number of hydrogen-bond acceptors (Lipinski definition) is 5. The average Bonchev–Trinajstić information content (AvgIpc) is 3.08. The smallest absolute Gasteiger partial charge is 0.348 e. The molecule has 1 saturated heterocycles. The Bertz CT molecular complexity index is 563. The monoisotopic (exact) mass is 322 g/mol. The summed E-state index contributed by atoms with van der Waals surface area (Å²) in [5.74, 6) is 0.932.